The molecule has 1 atom stereocenters. The number of nitrogens with one attached hydrogen (secondary N) is 2. The van der Waals surface area contributed by atoms with Crippen LogP contribution in [-0.2, 0) is 16.4 Å². The highest BCUT2D eigenvalue weighted by molar-refractivity contribution is 7.92. The normalized spacial score (nSPS) is 12.3. The molecular formula is C26H31N3O4S. The number of benzene rings is 2. The lowest BCUT2D eigenvalue weighted by molar-refractivity contribution is 0.0936. The van der Waals surface area contributed by atoms with Gasteiger partial charge in [-0.15, -0.1) is 0 Å². The summed E-state index contributed by atoms with van der Waals surface area (Å²) in [5.74, 6) is 0.701. The molecule has 1 heterocycles. The zero-order valence-corrected chi connectivity index (χ0v) is 20.7. The van der Waals surface area contributed by atoms with Crippen LogP contribution < -0.4 is 14.8 Å². The lowest BCUT2D eigenvalue weighted by atomic mass is 10.0. The predicted molar refractivity (Wildman–Crippen MR) is 134 cm³/mol. The topological polar surface area (TPSA) is 97.4 Å². The second-order valence-corrected chi connectivity index (χ2v) is 10.3. The quantitative estimate of drug-likeness (QED) is 0.404. The van der Waals surface area contributed by atoms with Gasteiger partial charge in [0.05, 0.1) is 10.6 Å². The summed E-state index contributed by atoms with van der Waals surface area (Å²) in [6.07, 6.45) is 3.22. The molecule has 0 spiro atoms. The first-order valence-corrected chi connectivity index (χ1v) is 12.8. The molecule has 0 saturated carbocycles. The monoisotopic (exact) mass is 481 g/mol. The minimum Gasteiger partial charge on any atom is -0.438 e. The van der Waals surface area contributed by atoms with Crippen molar-refractivity contribution in [2.75, 3.05) is 4.72 Å². The van der Waals surface area contributed by atoms with Gasteiger partial charge in [0.25, 0.3) is 15.9 Å². The first kappa shape index (κ1) is 25.2. The third kappa shape index (κ3) is 6.81. The number of aromatic nitrogens is 1. The third-order valence-corrected chi connectivity index (χ3v) is 6.58. The van der Waals surface area contributed by atoms with Crippen LogP contribution in [0, 0.1) is 5.92 Å². The Kier molecular flexibility index (Phi) is 8.28. The molecule has 3 rings (SSSR count). The maximum absolute atomic E-state index is 12.9. The standard InChI is InChI=1S/C26H31N3O4S/c1-5-19(4)28-25(30)24-10-7-15-27-26(24)33-22-9-6-8-21(17-22)29-34(31,32)23-13-11-20(12-14-23)16-18(2)3/h6-15,17-19,29H,5,16H2,1-4H3,(H,28,30)/t19-/m1/s1. The molecule has 8 heteroatoms. The molecule has 7 nitrogen and oxygen atoms in total. The fourth-order valence-electron chi connectivity index (χ4n) is 3.27. The molecule has 2 aromatic carbocycles. The Bertz CT molecular complexity index is 1220. The molecule has 0 bridgehead atoms. The maximum Gasteiger partial charge on any atom is 0.261 e. The lowest BCUT2D eigenvalue weighted by Crippen LogP contribution is -2.32. The molecule has 2 N–H and O–H groups in total. The van der Waals surface area contributed by atoms with Crippen LogP contribution in [-0.4, -0.2) is 25.4 Å². The van der Waals surface area contributed by atoms with Crippen molar-refractivity contribution < 1.29 is 17.9 Å². The molecular weight excluding hydrogens is 450 g/mol. The van der Waals surface area contributed by atoms with Crippen molar-refractivity contribution in [2.45, 2.75) is 51.5 Å². The second kappa shape index (κ2) is 11.2. The first-order valence-electron chi connectivity index (χ1n) is 11.3. The van der Waals surface area contributed by atoms with Crippen LogP contribution in [0.1, 0.15) is 50.0 Å². The van der Waals surface area contributed by atoms with E-state index < -0.39 is 10.0 Å². The van der Waals surface area contributed by atoms with Gasteiger partial charge in [-0.25, -0.2) is 13.4 Å². The van der Waals surface area contributed by atoms with Crippen LogP contribution >= 0.6 is 0 Å². The summed E-state index contributed by atoms with van der Waals surface area (Å²) in [4.78, 5) is 17.0. The third-order valence-electron chi connectivity index (χ3n) is 5.18. The fraction of sp³-hybridized carbons (Fsp3) is 0.308. The first-order chi connectivity index (χ1) is 16.2. The van der Waals surface area contributed by atoms with Crippen LogP contribution in [0.2, 0.25) is 0 Å². The molecule has 180 valence electrons. The van der Waals surface area contributed by atoms with E-state index in [2.05, 4.69) is 28.9 Å². The number of ether oxygens (including phenoxy) is 1. The van der Waals surface area contributed by atoms with E-state index in [1.54, 1.807) is 48.5 Å². The number of hydrogen-bond donors (Lipinski definition) is 2. The average molecular weight is 482 g/mol. The summed E-state index contributed by atoms with van der Waals surface area (Å²) < 4.78 is 34.2. The molecule has 0 radical (unpaired) electrons. The Hall–Kier alpha value is -3.39. The number of pyridine rings is 1. The smallest absolute Gasteiger partial charge is 0.261 e. The molecule has 1 amide bonds. The SMILES string of the molecule is CC[C@@H](C)NC(=O)c1cccnc1Oc1cccc(NS(=O)(=O)c2ccc(CC(C)C)cc2)c1. The van der Waals surface area contributed by atoms with Crippen molar-refractivity contribution >= 4 is 21.6 Å². The van der Waals surface area contributed by atoms with Gasteiger partial charge in [0.2, 0.25) is 5.88 Å². The Balaban J connectivity index is 1.76. The van der Waals surface area contributed by atoms with Gasteiger partial charge < -0.3 is 10.1 Å². The van der Waals surface area contributed by atoms with E-state index in [1.165, 1.54) is 6.20 Å². The van der Waals surface area contributed by atoms with E-state index in [1.807, 2.05) is 26.0 Å². The second-order valence-electron chi connectivity index (χ2n) is 8.62. The van der Waals surface area contributed by atoms with Gasteiger partial charge >= 0.3 is 0 Å². The van der Waals surface area contributed by atoms with Gasteiger partial charge in [-0.05, 0) is 67.6 Å². The molecule has 0 unspecified atom stereocenters. The number of amides is 1. The molecule has 1 aromatic heterocycles. The van der Waals surface area contributed by atoms with Crippen molar-refractivity contribution in [3.8, 4) is 11.6 Å². The molecule has 0 aliphatic carbocycles. The number of nitrogens with zero attached hydrogens (tertiary/aromatic N) is 1. The Morgan fingerprint density at radius 3 is 2.44 bits per heavy atom. The van der Waals surface area contributed by atoms with Crippen LogP contribution in [0.5, 0.6) is 11.6 Å². The summed E-state index contributed by atoms with van der Waals surface area (Å²) in [6, 6.07) is 16.7. The van der Waals surface area contributed by atoms with Gasteiger partial charge in [0, 0.05) is 18.3 Å². The van der Waals surface area contributed by atoms with E-state index in [4.69, 9.17) is 4.74 Å². The average Bonchev–Trinajstić information content (AvgIpc) is 2.79. The molecule has 0 aliphatic rings. The molecule has 0 saturated heterocycles. The minimum atomic E-state index is -3.77. The van der Waals surface area contributed by atoms with E-state index >= 15 is 0 Å². The zero-order valence-electron chi connectivity index (χ0n) is 19.9. The van der Waals surface area contributed by atoms with Gasteiger partial charge in [0.1, 0.15) is 11.3 Å². The highest BCUT2D eigenvalue weighted by Gasteiger charge is 2.17. The summed E-state index contributed by atoms with van der Waals surface area (Å²) >= 11 is 0. The largest absolute Gasteiger partial charge is 0.438 e. The van der Waals surface area contributed by atoms with Gasteiger partial charge in [-0.1, -0.05) is 39.0 Å². The van der Waals surface area contributed by atoms with Crippen LogP contribution in [0.4, 0.5) is 5.69 Å². The Labute approximate surface area is 201 Å². The van der Waals surface area contributed by atoms with Crippen LogP contribution in [0.3, 0.4) is 0 Å². The van der Waals surface area contributed by atoms with Crippen LogP contribution in [0.25, 0.3) is 0 Å². The molecule has 0 fully saturated rings. The summed E-state index contributed by atoms with van der Waals surface area (Å²) in [6.45, 7) is 8.14. The van der Waals surface area contributed by atoms with Crippen molar-refractivity contribution in [3.05, 3.63) is 78.0 Å². The highest BCUT2D eigenvalue weighted by Crippen LogP contribution is 2.27. The fourth-order valence-corrected chi connectivity index (χ4v) is 4.32. The molecule has 34 heavy (non-hydrogen) atoms. The minimum absolute atomic E-state index is 0.0118. The summed E-state index contributed by atoms with van der Waals surface area (Å²) in [5, 5.41) is 2.90. The van der Waals surface area contributed by atoms with E-state index in [0.29, 0.717) is 22.9 Å². The van der Waals surface area contributed by atoms with Crippen molar-refractivity contribution in [1.82, 2.24) is 10.3 Å². The highest BCUT2D eigenvalue weighted by atomic mass is 32.2. The van der Waals surface area contributed by atoms with E-state index in [0.717, 1.165) is 18.4 Å². The van der Waals surface area contributed by atoms with E-state index in [9.17, 15) is 13.2 Å². The van der Waals surface area contributed by atoms with Crippen LogP contribution in [0.15, 0.2) is 71.8 Å². The van der Waals surface area contributed by atoms with Crippen molar-refractivity contribution in [2.24, 2.45) is 5.92 Å². The number of carbonyl (C=O) groups is 1. The van der Waals surface area contributed by atoms with Gasteiger partial charge in [-0.2, -0.15) is 0 Å². The zero-order chi connectivity index (χ0) is 24.7. The van der Waals surface area contributed by atoms with E-state index in [-0.39, 0.29) is 22.7 Å². The maximum atomic E-state index is 12.9. The number of rotatable bonds is 10. The lowest BCUT2D eigenvalue weighted by Gasteiger charge is -2.14. The Morgan fingerprint density at radius 1 is 1.03 bits per heavy atom. The summed E-state index contributed by atoms with van der Waals surface area (Å²) in [5.41, 5.74) is 1.73. The van der Waals surface area contributed by atoms with Gasteiger partial charge in [0.15, 0.2) is 0 Å². The van der Waals surface area contributed by atoms with Crippen molar-refractivity contribution in [3.63, 3.8) is 0 Å². The van der Waals surface area contributed by atoms with Gasteiger partial charge in [-0.3, -0.25) is 9.52 Å². The number of anilines is 1. The molecule has 3 aromatic rings. The number of hydrogen-bond acceptors (Lipinski definition) is 5. The van der Waals surface area contributed by atoms with Crippen molar-refractivity contribution in [1.29, 1.82) is 0 Å². The summed E-state index contributed by atoms with van der Waals surface area (Å²) in [7, 11) is -3.77. The molecule has 0 aliphatic heterocycles. The predicted octanol–water partition coefficient (Wildman–Crippen LogP) is 5.40. The number of carbonyl (C=O) groups excluding carboxylic acids is 1. The Morgan fingerprint density at radius 2 is 1.76 bits per heavy atom. The number of sulfonamides is 1.